The molecule has 4 aromatic carbocycles. The first-order valence-corrected chi connectivity index (χ1v) is 44.7. The molecule has 5 aromatic rings. The van der Waals surface area contributed by atoms with Crippen LogP contribution in [-0.2, 0) is 97.4 Å². The molecule has 3 saturated heterocycles. The third-order valence-electron chi connectivity index (χ3n) is 21.3. The highest BCUT2D eigenvalue weighted by molar-refractivity contribution is 8.77. The van der Waals surface area contributed by atoms with Gasteiger partial charge in [-0.3, -0.25) is 53.3 Å². The number of fused-ring (bicyclic) bond motifs is 7. The van der Waals surface area contributed by atoms with E-state index in [-0.39, 0.29) is 103 Å². The number of aromatic amines is 1. The summed E-state index contributed by atoms with van der Waals surface area (Å²) in [7, 11) is 9.70. The number of halogens is 1. The average molecular weight is 1770 g/mol. The quantitative estimate of drug-likeness (QED) is 0.0204. The van der Waals surface area contributed by atoms with Crippen molar-refractivity contribution in [3.05, 3.63) is 148 Å². The number of alkyl carbamates (subject to hydrolysis) is 1. The van der Waals surface area contributed by atoms with Crippen LogP contribution < -0.4 is 69.4 Å². The summed E-state index contributed by atoms with van der Waals surface area (Å²) < 4.78 is 29.6. The van der Waals surface area contributed by atoms with Gasteiger partial charge in [-0.25, -0.2) is 9.59 Å². The van der Waals surface area contributed by atoms with E-state index in [4.69, 9.17) is 52.5 Å². The van der Waals surface area contributed by atoms with Gasteiger partial charge in [0, 0.05) is 93.4 Å². The highest BCUT2D eigenvalue weighted by Crippen LogP contribution is 2.45. The molecule has 3 fully saturated rings. The van der Waals surface area contributed by atoms with Crippen molar-refractivity contribution in [2.75, 3.05) is 62.8 Å². The second-order valence-electron chi connectivity index (χ2n) is 30.4. The average Bonchev–Trinajstić information content (AvgIpc) is 1.52. The molecular weight excluding hydrogens is 1660 g/mol. The Balaban J connectivity index is 0.906. The SMILES string of the molecule is COc1cc2cc(c1Cl)N(C)C(=O)C[C@H](OC(=O)[C@H](C)N(C)C(=O)CCSSC[C@H](NC(=O)[C@@H]1CSSC[C@H](NC(=O)[C@H](N)Cc3ccccc3)C(=O)N[C@@H](Cc3ccc(O)cc3)C(=O)N[C@H](Cc3c[nH]c4ccccc34)C(=O)N[C@@H](CCCCN)C(=O)N[C@@H]([C@@H](C)O)C(=O)N1)C(N)=O)[C@@]1(C)C[C@@H](O1)[C@@H]1C[C@@](O)(NC(=O)O1)[C@H](OC)/C=C/C=C(\C)C2. The monoisotopic (exact) mass is 1770 g/mol. The zero-order valence-corrected chi connectivity index (χ0v) is 72.3. The number of H-pyrrole nitrogens is 1. The number of carbonyl (C=O) groups is 12. The molecule has 1 aromatic heterocycles. The van der Waals surface area contributed by atoms with Gasteiger partial charge in [-0.1, -0.05) is 139 Å². The molecule has 10 rings (SSSR count). The van der Waals surface area contributed by atoms with E-state index in [2.05, 4.69) is 47.5 Å². The molecule has 656 valence electrons. The van der Waals surface area contributed by atoms with Crippen LogP contribution in [0.2, 0.25) is 5.02 Å². The Morgan fingerprint density at radius 1 is 0.826 bits per heavy atom. The number of nitrogens with one attached hydrogen (secondary N) is 9. The number of aliphatic hydroxyl groups is 2. The Morgan fingerprint density at radius 2 is 1.50 bits per heavy atom. The van der Waals surface area contributed by atoms with Crippen molar-refractivity contribution in [3.8, 4) is 11.5 Å². The van der Waals surface area contributed by atoms with E-state index >= 15 is 4.79 Å². The molecule has 0 unspecified atom stereocenters. The molecule has 5 aliphatic heterocycles. The molecule has 34 nitrogen and oxygen atoms in total. The number of nitrogens with zero attached hydrogens (tertiary/aromatic N) is 2. The highest BCUT2D eigenvalue weighted by Gasteiger charge is 2.57. The minimum atomic E-state index is -1.96. The number of allylic oxidation sites excluding steroid dienone is 3. The number of phenols is 1. The summed E-state index contributed by atoms with van der Waals surface area (Å²) in [4.78, 5) is 178. The maximum atomic E-state index is 15.0. The summed E-state index contributed by atoms with van der Waals surface area (Å²) in [5.41, 5.74) is 19.2. The number of aromatic hydroxyl groups is 1. The number of hydrogen-bond acceptors (Lipinski definition) is 26. The van der Waals surface area contributed by atoms with Crippen LogP contribution in [0.4, 0.5) is 10.5 Å². The number of carbonyl (C=O) groups excluding carboxylic acids is 12. The predicted octanol–water partition coefficient (Wildman–Crippen LogP) is 3.07. The van der Waals surface area contributed by atoms with Gasteiger partial charge in [-0.15, -0.1) is 0 Å². The van der Waals surface area contributed by atoms with Crippen molar-refractivity contribution < 1.29 is 96.5 Å². The number of rotatable bonds is 27. The van der Waals surface area contributed by atoms with Gasteiger partial charge in [-0.05, 0) is 119 Å². The standard InChI is InChI=1S/C82H107ClN14O20S4/c1-44-17-16-23-65(114-8)82(112)39-63(115-80(111)95-82)64-38-81(4,117-64)66(37-68(101)97(6)61-34-49(31-44)35-62(113-7)69(61)83)116-79(110)45(2)96(5)67(100)28-30-118-119-41-58(71(86)102)91-77(108)60-43-121-120-42-59(92-72(103)53(85)32-47-18-10-9-11-19-47)76(107)89-56(33-48-24-26-51(99)27-25-48)74(105)90-57(36-50-40-87-54-21-13-12-20-52(50)54)75(106)88-55(22-14-15-29-84)73(104)94-70(46(3)98)78(109)93-60/h9-13,16-21,23-27,34-35,40,45-46,53,55-60,63-66,70,87,98-99,112H,14-15,22,28-33,36-39,41-43,84-85H2,1-8H3,(H2,86,102)(H,88,106)(H,89,107)(H,90,105)(H,91,108)(H,92,103)(H,93,109)(H,94,104)(H,95,111)/b23-16+,44-17+/t45-,46+,53+,55-,56-,57+,58-,59-,60-,63-,64+,65+,66-,70-,81+,82-/m0/s1. The second kappa shape index (κ2) is 44.4. The number of benzene rings is 4. The number of methoxy groups -OCH3 is 2. The van der Waals surface area contributed by atoms with Gasteiger partial charge < -0.3 is 108 Å². The molecule has 6 heterocycles. The van der Waals surface area contributed by atoms with Crippen molar-refractivity contribution in [3.63, 3.8) is 0 Å². The van der Waals surface area contributed by atoms with Crippen LogP contribution in [0.3, 0.4) is 0 Å². The first-order chi connectivity index (χ1) is 57.6. The molecule has 121 heavy (non-hydrogen) atoms. The zero-order valence-electron chi connectivity index (χ0n) is 68.3. The number of nitrogens with two attached hydrogens (primary N) is 3. The number of anilines is 1. The topological polar surface area (TPSA) is 508 Å². The summed E-state index contributed by atoms with van der Waals surface area (Å²) in [6.45, 7) is 6.31. The number of likely N-dealkylation sites (N-methyl/N-ethyl adjacent to an activating group) is 1. The molecular formula is C82H107ClN14O20S4. The van der Waals surface area contributed by atoms with Crippen molar-refractivity contribution in [2.24, 2.45) is 17.2 Å². The minimum absolute atomic E-state index is 0.0526. The van der Waals surface area contributed by atoms with E-state index < -0.39 is 174 Å². The van der Waals surface area contributed by atoms with Crippen LogP contribution in [0.15, 0.2) is 121 Å². The number of aliphatic hydroxyl groups excluding tert-OH is 1. The van der Waals surface area contributed by atoms with E-state index in [0.29, 0.717) is 46.0 Å². The summed E-state index contributed by atoms with van der Waals surface area (Å²) in [5.74, 6) is -10.1. The normalized spacial score (nSPS) is 26.0. The number of para-hydroxylation sites is 1. The Bertz CT molecular complexity index is 4580. The maximum Gasteiger partial charge on any atom is 0.409 e. The smallest absolute Gasteiger partial charge is 0.409 e. The summed E-state index contributed by atoms with van der Waals surface area (Å²) in [6.07, 6.45) is -0.331. The van der Waals surface area contributed by atoms with Crippen LogP contribution in [0.25, 0.3) is 10.9 Å². The number of amides is 11. The number of esters is 1. The fourth-order valence-corrected chi connectivity index (χ4v) is 18.9. The summed E-state index contributed by atoms with van der Waals surface area (Å²) in [6, 6.07) is 12.0. The number of hydrogen-bond donors (Lipinski definition) is 15. The van der Waals surface area contributed by atoms with Crippen molar-refractivity contribution in [1.29, 1.82) is 0 Å². The Morgan fingerprint density at radius 3 is 2.18 bits per heavy atom. The predicted molar refractivity (Wildman–Crippen MR) is 460 cm³/mol. The number of aromatic nitrogens is 1. The van der Waals surface area contributed by atoms with Gasteiger partial charge in [0.15, 0.2) is 5.72 Å². The lowest BCUT2D eigenvalue weighted by Crippen LogP contribution is -2.68. The fourth-order valence-electron chi connectivity index (χ4n) is 14.1. The molecule has 18 N–H and O–H groups in total. The third-order valence-corrected chi connectivity index (χ3v) is 26.5. The summed E-state index contributed by atoms with van der Waals surface area (Å²) >= 11 is 6.87. The van der Waals surface area contributed by atoms with Crippen LogP contribution in [0.1, 0.15) is 94.9 Å². The molecule has 0 spiro atoms. The van der Waals surface area contributed by atoms with Gasteiger partial charge in [0.05, 0.1) is 37.5 Å². The molecule has 11 amide bonds. The molecule has 6 bridgehead atoms. The highest BCUT2D eigenvalue weighted by atomic mass is 35.5. The first-order valence-electron chi connectivity index (χ1n) is 39.4. The number of unbranched alkanes of at least 4 members (excludes halogenated alkanes) is 1. The summed E-state index contributed by atoms with van der Waals surface area (Å²) in [5, 5.41) is 55.5. The van der Waals surface area contributed by atoms with Crippen LogP contribution in [0.5, 0.6) is 11.5 Å². The van der Waals surface area contributed by atoms with E-state index in [1.165, 1.54) is 71.3 Å². The van der Waals surface area contributed by atoms with Crippen molar-refractivity contribution in [2.45, 2.75) is 195 Å². The second-order valence-corrected chi connectivity index (χ2v) is 36.0. The maximum absolute atomic E-state index is 15.0. The largest absolute Gasteiger partial charge is 0.508 e. The zero-order chi connectivity index (χ0) is 88.0. The van der Waals surface area contributed by atoms with Gasteiger partial charge in [0.1, 0.15) is 88.8 Å². The molecule has 0 saturated carbocycles. The van der Waals surface area contributed by atoms with Gasteiger partial charge in [-0.2, -0.15) is 0 Å². The number of primary amides is 1. The van der Waals surface area contributed by atoms with Crippen molar-refractivity contribution in [1.82, 2.24) is 52.4 Å². The van der Waals surface area contributed by atoms with Crippen LogP contribution >= 0.6 is 54.8 Å². The molecule has 16 atom stereocenters. The van der Waals surface area contributed by atoms with Gasteiger partial charge >= 0.3 is 12.1 Å². The Kier molecular flexibility index (Phi) is 35.0. The van der Waals surface area contributed by atoms with E-state index in [9.17, 15) is 68.1 Å². The van der Waals surface area contributed by atoms with Crippen LogP contribution in [-0.4, -0.2) is 250 Å². The molecule has 39 heteroatoms. The molecule has 5 aliphatic rings. The number of phenolic OH excluding ortho intramolecular Hbond substituents is 1. The third kappa shape index (κ3) is 26.2. The van der Waals surface area contributed by atoms with E-state index in [1.54, 1.807) is 92.0 Å². The Labute approximate surface area is 721 Å². The van der Waals surface area contributed by atoms with Gasteiger partial charge in [0.2, 0.25) is 59.1 Å². The van der Waals surface area contributed by atoms with E-state index in [1.807, 2.05) is 13.0 Å². The molecule has 0 radical (unpaired) electrons. The molecule has 0 aliphatic carbocycles. The number of ether oxygens (including phenoxy) is 5. The fraction of sp³-hybridized carbons (Fsp3) is 0.488. The van der Waals surface area contributed by atoms with Crippen LogP contribution in [0, 0.1) is 0 Å². The first kappa shape index (κ1) is 95.2. The lowest BCUT2D eigenvalue weighted by atomic mass is 9.79. The lowest BCUT2D eigenvalue weighted by Gasteiger charge is -2.53. The van der Waals surface area contributed by atoms with E-state index in [0.717, 1.165) is 53.6 Å². The minimum Gasteiger partial charge on any atom is -0.508 e. The van der Waals surface area contributed by atoms with Gasteiger partial charge in [0.25, 0.3) is 0 Å². The Hall–Kier alpha value is -9.61. The van der Waals surface area contributed by atoms with Crippen molar-refractivity contribution >= 4 is 143 Å². The lowest BCUT2D eigenvalue weighted by molar-refractivity contribution is -0.280.